The summed E-state index contributed by atoms with van der Waals surface area (Å²) in [6.07, 6.45) is 71.7. The quantitative estimate of drug-likeness (QED) is 0.0351. The van der Waals surface area contributed by atoms with Crippen LogP contribution in [0.15, 0.2) is 0 Å². The Hall–Kier alpha value is -0.950. The van der Waals surface area contributed by atoms with E-state index in [1.165, 1.54) is 308 Å². The van der Waals surface area contributed by atoms with Crippen LogP contribution in [0, 0.1) is 0 Å². The standard InChI is InChI=1S/C63H125O8P/c1-3-5-7-9-11-13-15-17-19-21-23-25-27-29-31-33-35-37-39-41-43-45-47-49-51-53-55-57-62(64)69-59-61(60-70-72(66,67)68)71-63(65)58-56-54-52-50-48-46-44-42-40-38-36-34-32-30-28-26-24-22-20-18-16-14-12-10-8-6-4-2/h61H,3-60H2,1-2H3,(H2,66,67,68)/t61-/m1/s1. The van der Waals surface area contributed by atoms with Gasteiger partial charge in [-0.3, -0.25) is 14.1 Å². The van der Waals surface area contributed by atoms with Gasteiger partial charge in [0.1, 0.15) is 6.61 Å². The highest BCUT2D eigenvalue weighted by molar-refractivity contribution is 7.46. The van der Waals surface area contributed by atoms with Crippen LogP contribution >= 0.6 is 7.82 Å². The Bertz CT molecular complexity index is 1130. The second kappa shape index (κ2) is 59.3. The molecule has 0 aromatic heterocycles. The van der Waals surface area contributed by atoms with E-state index in [9.17, 15) is 23.9 Å². The van der Waals surface area contributed by atoms with Crippen molar-refractivity contribution in [1.82, 2.24) is 0 Å². The number of ether oxygens (including phenoxy) is 2. The van der Waals surface area contributed by atoms with Crippen LogP contribution in [0.3, 0.4) is 0 Å². The van der Waals surface area contributed by atoms with Crippen molar-refractivity contribution in [3.63, 3.8) is 0 Å². The molecule has 0 spiro atoms. The Morgan fingerprint density at radius 3 is 0.708 bits per heavy atom. The average molecular weight is 1040 g/mol. The third-order valence-corrected chi connectivity index (χ3v) is 15.6. The minimum Gasteiger partial charge on any atom is -0.462 e. The zero-order valence-corrected chi connectivity index (χ0v) is 49.3. The van der Waals surface area contributed by atoms with Gasteiger partial charge in [0, 0.05) is 12.8 Å². The third-order valence-electron chi connectivity index (χ3n) is 15.1. The van der Waals surface area contributed by atoms with Gasteiger partial charge in [0.25, 0.3) is 0 Å². The van der Waals surface area contributed by atoms with Crippen LogP contribution in [0.5, 0.6) is 0 Å². The van der Waals surface area contributed by atoms with E-state index in [1.54, 1.807) is 0 Å². The van der Waals surface area contributed by atoms with Gasteiger partial charge in [0.15, 0.2) is 6.10 Å². The monoisotopic (exact) mass is 1040 g/mol. The minimum atomic E-state index is -4.76. The van der Waals surface area contributed by atoms with Crippen molar-refractivity contribution in [3.8, 4) is 0 Å². The Balaban J connectivity index is 3.64. The summed E-state index contributed by atoms with van der Waals surface area (Å²) in [6, 6.07) is 0. The molecule has 0 rings (SSSR count). The van der Waals surface area contributed by atoms with E-state index in [0.717, 1.165) is 32.1 Å². The lowest BCUT2D eigenvalue weighted by atomic mass is 10.0. The summed E-state index contributed by atoms with van der Waals surface area (Å²) in [7, 11) is -4.76. The number of carbonyl (C=O) groups excluding carboxylic acids is 2. The SMILES string of the molecule is CCCCCCCCCCCCCCCCCCCCCCCCCCCCCC(=O)OC[C@H](COP(=O)(O)O)OC(=O)CCCCCCCCCCCCCCCCCCCCCCCCCCCCC. The van der Waals surface area contributed by atoms with Crippen LogP contribution in [0.1, 0.15) is 373 Å². The smallest absolute Gasteiger partial charge is 0.462 e. The lowest BCUT2D eigenvalue weighted by molar-refractivity contribution is -0.161. The van der Waals surface area contributed by atoms with E-state index in [2.05, 4.69) is 18.4 Å². The molecule has 0 bridgehead atoms. The molecule has 8 nitrogen and oxygen atoms in total. The highest BCUT2D eigenvalue weighted by atomic mass is 31.2. The molecule has 72 heavy (non-hydrogen) atoms. The fraction of sp³-hybridized carbons (Fsp3) is 0.968. The van der Waals surface area contributed by atoms with Crippen LogP contribution in [0.4, 0.5) is 0 Å². The van der Waals surface area contributed by atoms with Gasteiger partial charge in [0.05, 0.1) is 6.61 Å². The summed E-state index contributed by atoms with van der Waals surface area (Å²) in [4.78, 5) is 43.4. The summed E-state index contributed by atoms with van der Waals surface area (Å²) in [5, 5.41) is 0. The van der Waals surface area contributed by atoms with Crippen LogP contribution in [0.25, 0.3) is 0 Å². The molecule has 0 aromatic rings. The lowest BCUT2D eigenvalue weighted by Gasteiger charge is -2.18. The van der Waals surface area contributed by atoms with E-state index in [0.29, 0.717) is 6.42 Å². The van der Waals surface area contributed by atoms with Crippen molar-refractivity contribution in [2.75, 3.05) is 13.2 Å². The molecule has 0 fully saturated rings. The van der Waals surface area contributed by atoms with Crippen molar-refractivity contribution < 1.29 is 37.9 Å². The number of rotatable bonds is 62. The molecular weight excluding hydrogens is 916 g/mol. The zero-order valence-electron chi connectivity index (χ0n) is 48.4. The van der Waals surface area contributed by atoms with Gasteiger partial charge in [-0.15, -0.1) is 0 Å². The average Bonchev–Trinajstić information content (AvgIpc) is 3.36. The van der Waals surface area contributed by atoms with E-state index in [1.807, 2.05) is 0 Å². The van der Waals surface area contributed by atoms with Gasteiger partial charge >= 0.3 is 19.8 Å². The van der Waals surface area contributed by atoms with E-state index < -0.39 is 32.5 Å². The zero-order chi connectivity index (χ0) is 52.4. The third kappa shape index (κ3) is 61.6. The molecular formula is C63H125O8P. The molecule has 1 atom stereocenters. The summed E-state index contributed by atoms with van der Waals surface area (Å²) in [6.45, 7) is 3.78. The first-order chi connectivity index (χ1) is 35.3. The van der Waals surface area contributed by atoms with Gasteiger partial charge in [0.2, 0.25) is 0 Å². The van der Waals surface area contributed by atoms with Crippen LogP contribution in [0.2, 0.25) is 0 Å². The number of phosphoric ester groups is 1. The normalized spacial score (nSPS) is 12.2. The number of hydrogen-bond donors (Lipinski definition) is 2. The molecule has 9 heteroatoms. The fourth-order valence-electron chi connectivity index (χ4n) is 10.3. The van der Waals surface area contributed by atoms with Gasteiger partial charge < -0.3 is 19.3 Å². The summed E-state index contributed by atoms with van der Waals surface area (Å²) in [5.74, 6) is -0.854. The molecule has 0 saturated heterocycles. The van der Waals surface area contributed by atoms with Crippen molar-refractivity contribution in [3.05, 3.63) is 0 Å². The molecule has 0 amide bonds. The van der Waals surface area contributed by atoms with Crippen LogP contribution in [-0.2, 0) is 28.2 Å². The molecule has 2 N–H and O–H groups in total. The molecule has 0 radical (unpaired) electrons. The maximum atomic E-state index is 12.6. The highest BCUT2D eigenvalue weighted by Gasteiger charge is 2.23. The van der Waals surface area contributed by atoms with Crippen molar-refractivity contribution >= 4 is 19.8 Å². The number of esters is 2. The summed E-state index contributed by atoms with van der Waals surface area (Å²) < 4.78 is 26.7. The number of unbranched alkanes of at least 4 members (excludes halogenated alkanes) is 52. The number of hydrogen-bond acceptors (Lipinski definition) is 6. The van der Waals surface area contributed by atoms with Crippen molar-refractivity contribution in [2.45, 2.75) is 380 Å². The molecule has 0 unspecified atom stereocenters. The summed E-state index contributed by atoms with van der Waals surface area (Å²) in [5.41, 5.74) is 0. The Morgan fingerprint density at radius 2 is 0.500 bits per heavy atom. The van der Waals surface area contributed by atoms with Crippen LogP contribution in [-0.4, -0.2) is 41.0 Å². The fourth-order valence-corrected chi connectivity index (χ4v) is 10.7. The van der Waals surface area contributed by atoms with E-state index >= 15 is 0 Å². The molecule has 0 aliphatic carbocycles. The van der Waals surface area contributed by atoms with Crippen LogP contribution < -0.4 is 0 Å². The second-order valence-corrected chi connectivity index (χ2v) is 23.7. The molecule has 0 heterocycles. The van der Waals surface area contributed by atoms with E-state index in [4.69, 9.17) is 9.47 Å². The van der Waals surface area contributed by atoms with Gasteiger partial charge in [-0.1, -0.05) is 348 Å². The first-order valence-corrected chi connectivity index (χ1v) is 33.9. The second-order valence-electron chi connectivity index (χ2n) is 22.5. The van der Waals surface area contributed by atoms with Crippen molar-refractivity contribution in [2.24, 2.45) is 0 Å². The molecule has 0 aromatic carbocycles. The molecule has 430 valence electrons. The topological polar surface area (TPSA) is 119 Å². The summed E-state index contributed by atoms with van der Waals surface area (Å²) >= 11 is 0. The minimum absolute atomic E-state index is 0.222. The van der Waals surface area contributed by atoms with E-state index in [-0.39, 0.29) is 19.4 Å². The first kappa shape index (κ1) is 71.0. The Kier molecular flexibility index (Phi) is 58.5. The van der Waals surface area contributed by atoms with Crippen molar-refractivity contribution in [1.29, 1.82) is 0 Å². The predicted octanol–water partition coefficient (Wildman–Crippen LogP) is 21.4. The highest BCUT2D eigenvalue weighted by Crippen LogP contribution is 2.36. The molecule has 0 saturated carbocycles. The first-order valence-electron chi connectivity index (χ1n) is 32.3. The number of carbonyl (C=O) groups is 2. The number of phosphoric acid groups is 1. The largest absolute Gasteiger partial charge is 0.469 e. The van der Waals surface area contributed by atoms with Gasteiger partial charge in [-0.05, 0) is 12.8 Å². The maximum absolute atomic E-state index is 12.6. The van der Waals surface area contributed by atoms with Gasteiger partial charge in [-0.2, -0.15) is 0 Å². The Labute approximate surface area is 448 Å². The molecule has 0 aliphatic rings. The predicted molar refractivity (Wildman–Crippen MR) is 309 cm³/mol. The maximum Gasteiger partial charge on any atom is 0.469 e. The lowest BCUT2D eigenvalue weighted by Crippen LogP contribution is -2.29. The van der Waals surface area contributed by atoms with Gasteiger partial charge in [-0.25, -0.2) is 4.57 Å². The molecule has 0 aliphatic heterocycles. The Morgan fingerprint density at radius 1 is 0.306 bits per heavy atom.